The Morgan fingerprint density at radius 1 is 1.20 bits per heavy atom. The van der Waals surface area contributed by atoms with Gasteiger partial charge in [0.25, 0.3) is 0 Å². The third-order valence-electron chi connectivity index (χ3n) is 2.68. The van der Waals surface area contributed by atoms with Crippen LogP contribution in [0.15, 0.2) is 0 Å². The molecule has 0 amide bonds. The molecule has 10 heavy (non-hydrogen) atoms. The minimum atomic E-state index is 0.260. The summed E-state index contributed by atoms with van der Waals surface area (Å²) in [5.41, 5.74) is 0.260. The van der Waals surface area contributed by atoms with Crippen molar-refractivity contribution in [3.8, 4) is 0 Å². The molecule has 0 aromatic carbocycles. The van der Waals surface area contributed by atoms with Gasteiger partial charge in [-0.05, 0) is 19.3 Å². The molecule has 2 N–H and O–H groups in total. The number of ether oxygens (including phenoxy) is 1. The summed E-state index contributed by atoms with van der Waals surface area (Å²) in [7, 11) is 0. The Kier molecular flexibility index (Phi) is 1.44. The summed E-state index contributed by atoms with van der Waals surface area (Å²) in [6.45, 7) is 2.96. The molecule has 2 aliphatic rings. The molecule has 0 aromatic heterocycles. The maximum atomic E-state index is 5.61. The molecule has 0 radical (unpaired) electrons. The first-order chi connectivity index (χ1) is 4.81. The highest BCUT2D eigenvalue weighted by atomic mass is 16.5. The van der Waals surface area contributed by atoms with Gasteiger partial charge in [-0.3, -0.25) is 5.84 Å². The number of hydrazine groups is 1. The van der Waals surface area contributed by atoms with Gasteiger partial charge in [-0.1, -0.05) is 0 Å². The minimum Gasteiger partial charge on any atom is -0.375 e. The van der Waals surface area contributed by atoms with E-state index in [2.05, 4.69) is 0 Å². The maximum absolute atomic E-state index is 5.61. The van der Waals surface area contributed by atoms with Crippen LogP contribution in [0.2, 0.25) is 0 Å². The van der Waals surface area contributed by atoms with Crippen LogP contribution in [-0.4, -0.2) is 30.3 Å². The van der Waals surface area contributed by atoms with E-state index in [1.807, 2.05) is 5.01 Å². The third kappa shape index (κ3) is 0.944. The Morgan fingerprint density at radius 3 is 2.20 bits per heavy atom. The van der Waals surface area contributed by atoms with E-state index in [1.54, 1.807) is 0 Å². The quantitative estimate of drug-likeness (QED) is 0.488. The van der Waals surface area contributed by atoms with E-state index in [0.29, 0.717) is 0 Å². The molecule has 0 bridgehead atoms. The van der Waals surface area contributed by atoms with Crippen molar-refractivity contribution < 1.29 is 4.74 Å². The van der Waals surface area contributed by atoms with Crippen molar-refractivity contribution in [1.82, 2.24) is 5.01 Å². The van der Waals surface area contributed by atoms with Crippen LogP contribution in [-0.2, 0) is 4.74 Å². The predicted octanol–water partition coefficient (Wildman–Crippen LogP) is 0.115. The second kappa shape index (κ2) is 2.19. The monoisotopic (exact) mass is 142 g/mol. The van der Waals surface area contributed by atoms with E-state index in [1.165, 1.54) is 6.42 Å². The van der Waals surface area contributed by atoms with Crippen LogP contribution in [0.1, 0.15) is 19.3 Å². The normalized spacial score (nSPS) is 32.1. The average molecular weight is 142 g/mol. The first-order valence-corrected chi connectivity index (χ1v) is 3.94. The Labute approximate surface area is 61.1 Å². The van der Waals surface area contributed by atoms with Gasteiger partial charge in [0.1, 0.15) is 0 Å². The van der Waals surface area contributed by atoms with Crippen LogP contribution in [0.4, 0.5) is 0 Å². The number of hydrogen-bond acceptors (Lipinski definition) is 3. The zero-order chi connectivity index (χ0) is 7.03. The molecular weight excluding hydrogens is 128 g/mol. The summed E-state index contributed by atoms with van der Waals surface area (Å²) in [5.74, 6) is 5.61. The molecular formula is C7H14N2O. The Bertz CT molecular complexity index is 124. The summed E-state index contributed by atoms with van der Waals surface area (Å²) in [4.78, 5) is 0. The molecule has 0 aliphatic carbocycles. The van der Waals surface area contributed by atoms with Gasteiger partial charge in [-0.25, -0.2) is 5.01 Å². The lowest BCUT2D eigenvalue weighted by atomic mass is 9.85. The molecule has 2 heterocycles. The van der Waals surface area contributed by atoms with Gasteiger partial charge in [0.2, 0.25) is 0 Å². The lowest BCUT2D eigenvalue weighted by molar-refractivity contribution is -0.172. The van der Waals surface area contributed by atoms with E-state index >= 15 is 0 Å². The molecule has 2 saturated heterocycles. The van der Waals surface area contributed by atoms with Crippen molar-refractivity contribution in [3.63, 3.8) is 0 Å². The van der Waals surface area contributed by atoms with E-state index in [-0.39, 0.29) is 5.60 Å². The molecule has 2 rings (SSSR count). The number of hydrogen-bond donors (Lipinski definition) is 1. The summed E-state index contributed by atoms with van der Waals surface area (Å²) in [5, 5.41) is 1.88. The van der Waals surface area contributed by atoms with Crippen molar-refractivity contribution in [2.75, 3.05) is 19.7 Å². The first-order valence-electron chi connectivity index (χ1n) is 3.94. The van der Waals surface area contributed by atoms with Crippen molar-refractivity contribution in [2.45, 2.75) is 24.9 Å². The van der Waals surface area contributed by atoms with Crippen molar-refractivity contribution in [3.05, 3.63) is 0 Å². The molecule has 2 fully saturated rings. The topological polar surface area (TPSA) is 38.5 Å². The zero-order valence-corrected chi connectivity index (χ0v) is 6.18. The van der Waals surface area contributed by atoms with E-state index < -0.39 is 0 Å². The molecule has 58 valence electrons. The predicted molar refractivity (Wildman–Crippen MR) is 38.3 cm³/mol. The van der Waals surface area contributed by atoms with Gasteiger partial charge in [0.05, 0.1) is 12.2 Å². The smallest absolute Gasteiger partial charge is 0.0729 e. The van der Waals surface area contributed by atoms with Crippen molar-refractivity contribution >= 4 is 0 Å². The van der Waals surface area contributed by atoms with Gasteiger partial charge in [-0.15, -0.1) is 0 Å². The molecule has 3 nitrogen and oxygen atoms in total. The fourth-order valence-electron chi connectivity index (χ4n) is 1.72. The number of rotatable bonds is 0. The number of nitrogens with zero attached hydrogens (tertiary/aromatic N) is 1. The standard InChI is InChI=1S/C7H14N2O/c8-9-4-1-7(2-5-9)3-6-10-7/h1-6,8H2. The fraction of sp³-hybridized carbons (Fsp3) is 1.00. The summed E-state index contributed by atoms with van der Waals surface area (Å²) in [6.07, 6.45) is 3.51. The van der Waals surface area contributed by atoms with E-state index in [0.717, 1.165) is 32.5 Å². The average Bonchev–Trinajstić information content (AvgIpc) is 1.86. The van der Waals surface area contributed by atoms with E-state index in [4.69, 9.17) is 10.6 Å². The lowest BCUT2D eigenvalue weighted by Crippen LogP contribution is -2.53. The van der Waals surface area contributed by atoms with Gasteiger partial charge in [0.15, 0.2) is 0 Å². The molecule has 3 heteroatoms. The van der Waals surface area contributed by atoms with Crippen LogP contribution in [0, 0.1) is 0 Å². The zero-order valence-electron chi connectivity index (χ0n) is 6.18. The highest BCUT2D eigenvalue weighted by molar-refractivity contribution is 4.91. The highest BCUT2D eigenvalue weighted by Gasteiger charge is 2.40. The van der Waals surface area contributed by atoms with Gasteiger partial charge >= 0.3 is 0 Å². The third-order valence-corrected chi connectivity index (χ3v) is 2.68. The fourth-order valence-corrected chi connectivity index (χ4v) is 1.72. The Morgan fingerprint density at radius 2 is 1.80 bits per heavy atom. The molecule has 0 saturated carbocycles. The van der Waals surface area contributed by atoms with Crippen molar-refractivity contribution in [2.24, 2.45) is 5.84 Å². The summed E-state index contributed by atoms with van der Waals surface area (Å²) < 4.78 is 5.53. The molecule has 0 unspecified atom stereocenters. The Balaban J connectivity index is 1.90. The van der Waals surface area contributed by atoms with Crippen LogP contribution in [0.5, 0.6) is 0 Å². The summed E-state index contributed by atoms with van der Waals surface area (Å²) >= 11 is 0. The first kappa shape index (κ1) is 6.58. The van der Waals surface area contributed by atoms with Gasteiger partial charge in [-0.2, -0.15) is 0 Å². The second-order valence-electron chi connectivity index (χ2n) is 3.32. The second-order valence-corrected chi connectivity index (χ2v) is 3.32. The SMILES string of the molecule is NN1CCC2(CCO2)CC1. The van der Waals surface area contributed by atoms with Gasteiger partial charge < -0.3 is 4.74 Å². The van der Waals surface area contributed by atoms with Crippen LogP contribution < -0.4 is 5.84 Å². The number of piperidine rings is 1. The van der Waals surface area contributed by atoms with Crippen molar-refractivity contribution in [1.29, 1.82) is 0 Å². The maximum Gasteiger partial charge on any atom is 0.0729 e. The molecule has 0 atom stereocenters. The van der Waals surface area contributed by atoms with Crippen LogP contribution in [0.25, 0.3) is 0 Å². The van der Waals surface area contributed by atoms with Crippen LogP contribution in [0.3, 0.4) is 0 Å². The largest absolute Gasteiger partial charge is 0.375 e. The van der Waals surface area contributed by atoms with E-state index in [9.17, 15) is 0 Å². The van der Waals surface area contributed by atoms with Crippen LogP contribution >= 0.6 is 0 Å². The molecule has 1 spiro atoms. The lowest BCUT2D eigenvalue weighted by Gasteiger charge is -2.46. The number of nitrogens with two attached hydrogens (primary N) is 1. The Hall–Kier alpha value is -0.120. The summed E-state index contributed by atoms with van der Waals surface area (Å²) in [6, 6.07) is 0. The van der Waals surface area contributed by atoms with Gasteiger partial charge in [0, 0.05) is 13.1 Å². The molecule has 0 aromatic rings. The highest BCUT2D eigenvalue weighted by Crippen LogP contribution is 2.35. The minimum absolute atomic E-state index is 0.260. The molecule has 2 aliphatic heterocycles.